The van der Waals surface area contributed by atoms with E-state index in [2.05, 4.69) is 0 Å². The molecule has 0 bridgehead atoms. The zero-order chi connectivity index (χ0) is 14.1. The molecule has 9 heteroatoms. The molecule has 18 heavy (non-hydrogen) atoms. The summed E-state index contributed by atoms with van der Waals surface area (Å²) in [5.41, 5.74) is -5.45. The minimum Gasteiger partial charge on any atom is -0.481 e. The molecule has 0 aromatic carbocycles. The van der Waals surface area contributed by atoms with E-state index < -0.39 is 47.4 Å². The minimum absolute atomic E-state index is 0.262. The molecule has 1 aromatic heterocycles. The SMILES string of the molecule is O=C(O)Cc1c(C(F)(F)F)[nH]c(C(F)F)cc1=O. The number of hydrogen-bond acceptors (Lipinski definition) is 2. The number of carbonyl (C=O) groups is 1. The van der Waals surface area contributed by atoms with E-state index in [0.717, 1.165) is 0 Å². The molecule has 0 aliphatic rings. The fourth-order valence-electron chi connectivity index (χ4n) is 1.29. The Labute approximate surface area is 96.1 Å². The third-order valence-corrected chi connectivity index (χ3v) is 2.00. The van der Waals surface area contributed by atoms with Crippen LogP contribution in [0.25, 0.3) is 0 Å². The van der Waals surface area contributed by atoms with Crippen molar-refractivity contribution in [2.75, 3.05) is 0 Å². The summed E-state index contributed by atoms with van der Waals surface area (Å²) in [5.74, 6) is -1.67. The maximum atomic E-state index is 12.5. The lowest BCUT2D eigenvalue weighted by Crippen LogP contribution is -2.24. The van der Waals surface area contributed by atoms with E-state index in [1.54, 1.807) is 0 Å². The third kappa shape index (κ3) is 3.05. The molecule has 0 saturated carbocycles. The van der Waals surface area contributed by atoms with Gasteiger partial charge < -0.3 is 10.1 Å². The maximum Gasteiger partial charge on any atom is 0.431 e. The Balaban J connectivity index is 3.50. The second kappa shape index (κ2) is 4.75. The number of halogens is 5. The lowest BCUT2D eigenvalue weighted by molar-refractivity contribution is -0.143. The molecule has 0 aliphatic heterocycles. The molecular formula is C9H6F5NO3. The van der Waals surface area contributed by atoms with Gasteiger partial charge in [0, 0.05) is 11.6 Å². The lowest BCUT2D eigenvalue weighted by atomic mass is 10.1. The van der Waals surface area contributed by atoms with E-state index in [0.29, 0.717) is 0 Å². The molecule has 0 atom stereocenters. The van der Waals surface area contributed by atoms with Crippen molar-refractivity contribution >= 4 is 5.97 Å². The van der Waals surface area contributed by atoms with Gasteiger partial charge in [0.15, 0.2) is 5.43 Å². The molecule has 0 fully saturated rings. The first-order valence-corrected chi connectivity index (χ1v) is 4.46. The van der Waals surface area contributed by atoms with Crippen LogP contribution >= 0.6 is 0 Å². The second-order valence-electron chi connectivity index (χ2n) is 3.31. The minimum atomic E-state index is -5.12. The average Bonchev–Trinajstić information content (AvgIpc) is 2.17. The molecule has 0 amide bonds. The zero-order valence-electron chi connectivity index (χ0n) is 8.52. The highest BCUT2D eigenvalue weighted by Crippen LogP contribution is 2.30. The van der Waals surface area contributed by atoms with Crippen molar-refractivity contribution in [2.45, 2.75) is 19.0 Å². The van der Waals surface area contributed by atoms with Gasteiger partial charge in [-0.25, -0.2) is 8.78 Å². The number of aliphatic carboxylic acids is 1. The highest BCUT2D eigenvalue weighted by molar-refractivity contribution is 5.70. The van der Waals surface area contributed by atoms with Crippen molar-refractivity contribution in [3.8, 4) is 0 Å². The van der Waals surface area contributed by atoms with Gasteiger partial charge in [0.1, 0.15) is 5.69 Å². The van der Waals surface area contributed by atoms with Crippen LogP contribution < -0.4 is 5.43 Å². The number of pyridine rings is 1. The van der Waals surface area contributed by atoms with Crippen LogP contribution in [0.15, 0.2) is 10.9 Å². The van der Waals surface area contributed by atoms with Crippen LogP contribution in [0.1, 0.15) is 23.4 Å². The summed E-state index contributed by atoms with van der Waals surface area (Å²) >= 11 is 0. The van der Waals surface area contributed by atoms with E-state index in [1.165, 1.54) is 4.98 Å². The molecule has 4 nitrogen and oxygen atoms in total. The maximum absolute atomic E-state index is 12.5. The molecule has 100 valence electrons. The fourth-order valence-corrected chi connectivity index (χ4v) is 1.29. The quantitative estimate of drug-likeness (QED) is 0.825. The van der Waals surface area contributed by atoms with Gasteiger partial charge in [-0.2, -0.15) is 13.2 Å². The molecule has 1 rings (SSSR count). The highest BCUT2D eigenvalue weighted by Gasteiger charge is 2.37. The molecular weight excluding hydrogens is 265 g/mol. The van der Waals surface area contributed by atoms with Crippen molar-refractivity contribution in [2.24, 2.45) is 0 Å². The van der Waals surface area contributed by atoms with Crippen LogP contribution in [0, 0.1) is 0 Å². The summed E-state index contributed by atoms with van der Waals surface area (Å²) in [6.07, 6.45) is -9.61. The van der Waals surface area contributed by atoms with Crippen molar-refractivity contribution in [1.82, 2.24) is 4.98 Å². The number of nitrogens with one attached hydrogen (secondary N) is 1. The van der Waals surface area contributed by atoms with E-state index in [-0.39, 0.29) is 6.07 Å². The van der Waals surface area contributed by atoms with Crippen LogP contribution in [0.5, 0.6) is 0 Å². The highest BCUT2D eigenvalue weighted by atomic mass is 19.4. The van der Waals surface area contributed by atoms with Crippen LogP contribution in [-0.4, -0.2) is 16.1 Å². The number of carboxylic acids is 1. The van der Waals surface area contributed by atoms with Crippen LogP contribution in [0.4, 0.5) is 22.0 Å². The largest absolute Gasteiger partial charge is 0.481 e. The van der Waals surface area contributed by atoms with Crippen LogP contribution in [0.2, 0.25) is 0 Å². The molecule has 1 aromatic rings. The van der Waals surface area contributed by atoms with Gasteiger partial charge in [0.05, 0.1) is 12.1 Å². The molecule has 0 aliphatic carbocycles. The van der Waals surface area contributed by atoms with Gasteiger partial charge in [-0.1, -0.05) is 0 Å². The Morgan fingerprint density at radius 1 is 1.39 bits per heavy atom. The Bertz CT molecular complexity index is 520. The molecule has 0 radical (unpaired) electrons. The zero-order valence-corrected chi connectivity index (χ0v) is 8.52. The topological polar surface area (TPSA) is 70.2 Å². The summed E-state index contributed by atoms with van der Waals surface area (Å²) in [4.78, 5) is 22.9. The van der Waals surface area contributed by atoms with E-state index in [1.807, 2.05) is 0 Å². The number of hydrogen-bond donors (Lipinski definition) is 2. The molecule has 1 heterocycles. The smallest absolute Gasteiger partial charge is 0.431 e. The van der Waals surface area contributed by atoms with Gasteiger partial charge in [0.25, 0.3) is 6.43 Å². The van der Waals surface area contributed by atoms with Crippen molar-refractivity contribution in [3.05, 3.63) is 33.2 Å². The first-order valence-electron chi connectivity index (χ1n) is 4.46. The Morgan fingerprint density at radius 2 is 1.94 bits per heavy atom. The summed E-state index contributed by atoms with van der Waals surface area (Å²) in [5, 5.41) is 8.39. The predicted octanol–water partition coefficient (Wildman–Crippen LogP) is 1.96. The molecule has 0 saturated heterocycles. The van der Waals surface area contributed by atoms with Crippen molar-refractivity contribution < 1.29 is 31.9 Å². The predicted molar refractivity (Wildman–Crippen MR) is 48.4 cm³/mol. The van der Waals surface area contributed by atoms with Gasteiger partial charge in [-0.05, 0) is 0 Å². The van der Waals surface area contributed by atoms with Gasteiger partial charge >= 0.3 is 12.1 Å². The van der Waals surface area contributed by atoms with E-state index in [4.69, 9.17) is 5.11 Å². The summed E-state index contributed by atoms with van der Waals surface area (Å²) in [6.45, 7) is 0. The Morgan fingerprint density at radius 3 is 2.33 bits per heavy atom. The van der Waals surface area contributed by atoms with E-state index in [9.17, 15) is 31.5 Å². The summed E-state index contributed by atoms with van der Waals surface area (Å²) < 4.78 is 62.1. The standard InChI is InChI=1S/C9H6F5NO3/c10-8(11)4-2-5(16)3(1-6(17)18)7(15-4)9(12,13)14/h2,8H,1H2,(H,15,16)(H,17,18). The number of aromatic nitrogens is 1. The normalized spacial score (nSPS) is 11.9. The van der Waals surface area contributed by atoms with Crippen molar-refractivity contribution in [1.29, 1.82) is 0 Å². The lowest BCUT2D eigenvalue weighted by Gasteiger charge is -2.12. The Hall–Kier alpha value is -1.93. The van der Waals surface area contributed by atoms with Crippen molar-refractivity contribution in [3.63, 3.8) is 0 Å². The number of H-pyrrole nitrogens is 1. The van der Waals surface area contributed by atoms with E-state index >= 15 is 0 Å². The third-order valence-electron chi connectivity index (χ3n) is 2.00. The van der Waals surface area contributed by atoms with Gasteiger partial charge in [-0.3, -0.25) is 9.59 Å². The summed E-state index contributed by atoms with van der Waals surface area (Å²) in [6, 6.07) is 0.262. The molecule has 0 unspecified atom stereocenters. The second-order valence-corrected chi connectivity index (χ2v) is 3.31. The Kier molecular flexibility index (Phi) is 3.73. The first-order chi connectivity index (χ1) is 8.12. The van der Waals surface area contributed by atoms with Gasteiger partial charge in [0.2, 0.25) is 0 Å². The van der Waals surface area contributed by atoms with Gasteiger partial charge in [-0.15, -0.1) is 0 Å². The number of rotatable bonds is 3. The number of alkyl halides is 5. The molecule has 2 N–H and O–H groups in total. The van der Waals surface area contributed by atoms with Crippen LogP contribution in [-0.2, 0) is 17.4 Å². The fraction of sp³-hybridized carbons (Fsp3) is 0.333. The summed E-state index contributed by atoms with van der Waals surface area (Å²) in [7, 11) is 0. The number of carboxylic acid groups (broad SMARTS) is 1. The first kappa shape index (κ1) is 14.1. The molecule has 0 spiro atoms. The monoisotopic (exact) mass is 271 g/mol. The van der Waals surface area contributed by atoms with Crippen LogP contribution in [0.3, 0.4) is 0 Å². The average molecular weight is 271 g/mol. The number of aromatic amines is 1.